The minimum Gasteiger partial charge on any atom is -0.489 e. The Morgan fingerprint density at radius 1 is 1.05 bits per heavy atom. The number of nitrogens with two attached hydrogens (primary N) is 1. The third-order valence-corrected chi connectivity index (χ3v) is 3.06. The zero-order valence-corrected chi connectivity index (χ0v) is 11.3. The van der Waals surface area contributed by atoms with Gasteiger partial charge in [0.15, 0.2) is 0 Å². The molecule has 0 aliphatic rings. The van der Waals surface area contributed by atoms with Gasteiger partial charge in [-0.25, -0.2) is 8.78 Å². The average Bonchev–Trinajstić information content (AvgIpc) is 2.37. The third kappa shape index (κ3) is 3.78. The van der Waals surface area contributed by atoms with Crippen molar-refractivity contribution in [3.8, 4) is 5.75 Å². The second-order valence-electron chi connectivity index (χ2n) is 4.69. The molecule has 2 aromatic carbocycles. The summed E-state index contributed by atoms with van der Waals surface area (Å²) in [5.74, 6) is -0.166. The second kappa shape index (κ2) is 6.48. The van der Waals surface area contributed by atoms with Gasteiger partial charge in [0.2, 0.25) is 0 Å². The number of hydrogen-bond donors (Lipinski definition) is 1. The summed E-state index contributed by atoms with van der Waals surface area (Å²) in [5, 5.41) is 0. The fourth-order valence-electron chi connectivity index (χ4n) is 2.00. The first-order valence-electron chi connectivity index (χ1n) is 6.46. The molecule has 0 aliphatic carbocycles. The molecule has 0 aliphatic heterocycles. The lowest BCUT2D eigenvalue weighted by molar-refractivity contribution is 0.303. The summed E-state index contributed by atoms with van der Waals surface area (Å²) in [6.07, 6.45) is 0.601. The fraction of sp³-hybridized carbons (Fsp3) is 0.250. The van der Waals surface area contributed by atoms with Gasteiger partial charge in [-0.15, -0.1) is 0 Å². The van der Waals surface area contributed by atoms with E-state index in [2.05, 4.69) is 0 Å². The molecule has 2 nitrogen and oxygen atoms in total. The van der Waals surface area contributed by atoms with Gasteiger partial charge < -0.3 is 10.5 Å². The maximum Gasteiger partial charge on any atom is 0.127 e. The molecular formula is C16H17F2NO. The zero-order valence-electron chi connectivity index (χ0n) is 11.3. The Balaban J connectivity index is 2.10. The van der Waals surface area contributed by atoms with Crippen LogP contribution in [0.3, 0.4) is 0 Å². The molecule has 2 N–H and O–H groups in total. The van der Waals surface area contributed by atoms with Gasteiger partial charge in [0.25, 0.3) is 0 Å². The lowest BCUT2D eigenvalue weighted by Crippen LogP contribution is -2.04. The van der Waals surface area contributed by atoms with E-state index in [1.165, 1.54) is 24.3 Å². The van der Waals surface area contributed by atoms with Gasteiger partial charge in [-0.3, -0.25) is 0 Å². The number of ether oxygens (including phenoxy) is 1. The third-order valence-electron chi connectivity index (χ3n) is 3.06. The van der Waals surface area contributed by atoms with Crippen molar-refractivity contribution in [3.63, 3.8) is 0 Å². The van der Waals surface area contributed by atoms with Gasteiger partial charge >= 0.3 is 0 Å². The highest BCUT2D eigenvalue weighted by Gasteiger charge is 2.04. The van der Waals surface area contributed by atoms with E-state index in [-0.39, 0.29) is 18.2 Å². The standard InChI is InChI=1S/C16H17F2NO/c1-11-6-14(17)3-2-13(11)10-20-16-8-12(4-5-19)7-15(18)9-16/h2-3,6-9H,4-5,10,19H2,1H3. The summed E-state index contributed by atoms with van der Waals surface area (Å²) >= 11 is 0. The Bertz CT molecular complexity index is 599. The molecule has 0 radical (unpaired) electrons. The lowest BCUT2D eigenvalue weighted by atomic mass is 10.1. The molecule has 0 saturated heterocycles. The lowest BCUT2D eigenvalue weighted by Gasteiger charge is -2.10. The van der Waals surface area contributed by atoms with Crippen LogP contribution in [0.5, 0.6) is 5.75 Å². The summed E-state index contributed by atoms with van der Waals surface area (Å²) < 4.78 is 32.0. The Labute approximate surface area is 117 Å². The smallest absolute Gasteiger partial charge is 0.127 e. The molecule has 0 unspecified atom stereocenters. The van der Waals surface area contributed by atoms with E-state index in [1.54, 1.807) is 12.1 Å². The van der Waals surface area contributed by atoms with Crippen LogP contribution in [0, 0.1) is 18.6 Å². The molecule has 0 saturated carbocycles. The summed E-state index contributed by atoms with van der Waals surface area (Å²) in [5.41, 5.74) is 7.95. The number of halogens is 2. The maximum absolute atomic E-state index is 13.4. The van der Waals surface area contributed by atoms with Crippen molar-refractivity contribution in [1.82, 2.24) is 0 Å². The van der Waals surface area contributed by atoms with Crippen LogP contribution < -0.4 is 10.5 Å². The van der Waals surface area contributed by atoms with E-state index in [4.69, 9.17) is 10.5 Å². The largest absolute Gasteiger partial charge is 0.489 e. The van der Waals surface area contributed by atoms with Crippen molar-refractivity contribution in [2.75, 3.05) is 6.54 Å². The Kier molecular flexibility index (Phi) is 4.69. The summed E-state index contributed by atoms with van der Waals surface area (Å²) in [6.45, 7) is 2.55. The molecule has 20 heavy (non-hydrogen) atoms. The predicted octanol–water partition coefficient (Wildman–Crippen LogP) is 3.35. The molecule has 106 valence electrons. The van der Waals surface area contributed by atoms with Crippen LogP contribution in [0.15, 0.2) is 36.4 Å². The molecule has 0 bridgehead atoms. The van der Waals surface area contributed by atoms with Crippen LogP contribution in [-0.4, -0.2) is 6.54 Å². The highest BCUT2D eigenvalue weighted by molar-refractivity contribution is 5.31. The van der Waals surface area contributed by atoms with E-state index in [9.17, 15) is 8.78 Å². The molecule has 0 amide bonds. The van der Waals surface area contributed by atoms with Crippen molar-refractivity contribution in [3.05, 3.63) is 64.7 Å². The van der Waals surface area contributed by atoms with Crippen molar-refractivity contribution in [2.24, 2.45) is 5.73 Å². The summed E-state index contributed by atoms with van der Waals surface area (Å²) in [6, 6.07) is 9.06. The van der Waals surface area contributed by atoms with E-state index >= 15 is 0 Å². The molecule has 2 aromatic rings. The first-order chi connectivity index (χ1) is 9.58. The molecular weight excluding hydrogens is 260 g/mol. The average molecular weight is 277 g/mol. The van der Waals surface area contributed by atoms with Gasteiger partial charge in [-0.05, 0) is 60.8 Å². The number of rotatable bonds is 5. The topological polar surface area (TPSA) is 35.2 Å². The van der Waals surface area contributed by atoms with Crippen LogP contribution >= 0.6 is 0 Å². The van der Waals surface area contributed by atoms with Crippen LogP contribution in [0.1, 0.15) is 16.7 Å². The molecule has 0 atom stereocenters. The van der Waals surface area contributed by atoms with E-state index in [0.717, 1.165) is 16.7 Å². The van der Waals surface area contributed by atoms with Crippen LogP contribution in [0.2, 0.25) is 0 Å². The zero-order chi connectivity index (χ0) is 14.5. The quantitative estimate of drug-likeness (QED) is 0.909. The second-order valence-corrected chi connectivity index (χ2v) is 4.69. The molecule has 0 spiro atoms. The van der Waals surface area contributed by atoms with Gasteiger partial charge in [0, 0.05) is 6.07 Å². The van der Waals surface area contributed by atoms with Crippen molar-refractivity contribution in [2.45, 2.75) is 20.0 Å². The SMILES string of the molecule is Cc1cc(F)ccc1COc1cc(F)cc(CCN)c1. The first kappa shape index (κ1) is 14.5. The number of benzene rings is 2. The highest BCUT2D eigenvalue weighted by atomic mass is 19.1. The Morgan fingerprint density at radius 2 is 1.85 bits per heavy atom. The normalized spacial score (nSPS) is 10.6. The van der Waals surface area contributed by atoms with Crippen molar-refractivity contribution >= 4 is 0 Å². The molecule has 0 aromatic heterocycles. The van der Waals surface area contributed by atoms with Crippen molar-refractivity contribution < 1.29 is 13.5 Å². The van der Waals surface area contributed by atoms with E-state index < -0.39 is 0 Å². The Hall–Kier alpha value is -1.94. The minimum atomic E-state index is -0.346. The van der Waals surface area contributed by atoms with Crippen LogP contribution in [0.25, 0.3) is 0 Å². The number of aryl methyl sites for hydroxylation is 1. The molecule has 0 fully saturated rings. The van der Waals surface area contributed by atoms with Gasteiger partial charge in [-0.2, -0.15) is 0 Å². The van der Waals surface area contributed by atoms with Crippen molar-refractivity contribution in [1.29, 1.82) is 0 Å². The van der Waals surface area contributed by atoms with E-state index in [1.807, 2.05) is 6.92 Å². The minimum absolute atomic E-state index is 0.275. The summed E-state index contributed by atoms with van der Waals surface area (Å²) in [4.78, 5) is 0. The molecule has 4 heteroatoms. The number of hydrogen-bond acceptors (Lipinski definition) is 2. The van der Waals surface area contributed by atoms with Gasteiger partial charge in [0.1, 0.15) is 24.0 Å². The first-order valence-corrected chi connectivity index (χ1v) is 6.46. The van der Waals surface area contributed by atoms with E-state index in [0.29, 0.717) is 18.7 Å². The van der Waals surface area contributed by atoms with Gasteiger partial charge in [0.05, 0.1) is 0 Å². The van der Waals surface area contributed by atoms with Crippen LogP contribution in [-0.2, 0) is 13.0 Å². The van der Waals surface area contributed by atoms with Gasteiger partial charge in [-0.1, -0.05) is 6.07 Å². The molecule has 0 heterocycles. The highest BCUT2D eigenvalue weighted by Crippen LogP contribution is 2.19. The Morgan fingerprint density at radius 3 is 2.55 bits per heavy atom. The maximum atomic E-state index is 13.4. The summed E-state index contributed by atoms with van der Waals surface area (Å²) in [7, 11) is 0. The molecule has 2 rings (SSSR count). The fourth-order valence-corrected chi connectivity index (χ4v) is 2.00. The van der Waals surface area contributed by atoms with Crippen LogP contribution in [0.4, 0.5) is 8.78 Å². The predicted molar refractivity (Wildman–Crippen MR) is 74.6 cm³/mol. The monoisotopic (exact) mass is 277 g/mol.